The van der Waals surface area contributed by atoms with Crippen molar-refractivity contribution in [2.45, 2.75) is 33.6 Å². The van der Waals surface area contributed by atoms with Crippen LogP contribution in [0.15, 0.2) is 23.0 Å². The van der Waals surface area contributed by atoms with E-state index >= 15 is 0 Å². The summed E-state index contributed by atoms with van der Waals surface area (Å²) in [5.41, 5.74) is 1.98. The van der Waals surface area contributed by atoms with E-state index in [9.17, 15) is 9.59 Å². The molecule has 2 aromatic rings. The van der Waals surface area contributed by atoms with E-state index < -0.39 is 0 Å². The van der Waals surface area contributed by atoms with Gasteiger partial charge in [0.1, 0.15) is 7.11 Å². The molecule has 4 heteroatoms. The Morgan fingerprint density at radius 3 is 2.52 bits per heavy atom. The van der Waals surface area contributed by atoms with Crippen LogP contribution in [-0.2, 0) is 6.42 Å². The minimum Gasteiger partial charge on any atom is -0.414 e. The maximum absolute atomic E-state index is 12.6. The van der Waals surface area contributed by atoms with Crippen molar-refractivity contribution in [2.75, 3.05) is 7.11 Å². The Morgan fingerprint density at radius 2 is 1.86 bits per heavy atom. The van der Waals surface area contributed by atoms with Crippen LogP contribution in [-0.4, -0.2) is 17.6 Å². The number of Topliss-reactive ketones (excluding diaryl/α,β-unsaturated/α-hetero) is 1. The zero-order valence-corrected chi connectivity index (χ0v) is 12.8. The Bertz CT molecular complexity index is 815. The summed E-state index contributed by atoms with van der Waals surface area (Å²) in [6.07, 6.45) is 1.14. The quantitative estimate of drug-likeness (QED) is 0.809. The summed E-state index contributed by atoms with van der Waals surface area (Å²) >= 11 is 0. The largest absolute Gasteiger partial charge is 0.414 e. The first-order valence-electron chi connectivity index (χ1n) is 7.10. The van der Waals surface area contributed by atoms with Crippen molar-refractivity contribution < 1.29 is 9.63 Å². The Morgan fingerprint density at radius 1 is 1.14 bits per heavy atom. The van der Waals surface area contributed by atoms with Crippen LogP contribution in [0.5, 0.6) is 0 Å². The van der Waals surface area contributed by atoms with Crippen molar-refractivity contribution in [3.63, 3.8) is 0 Å². The molecule has 1 aliphatic rings. The number of carbonyl (C=O) groups is 1. The fraction of sp³-hybridized carbons (Fsp3) is 0.412. The van der Waals surface area contributed by atoms with Gasteiger partial charge < -0.3 is 4.84 Å². The van der Waals surface area contributed by atoms with Gasteiger partial charge in [0.15, 0.2) is 5.78 Å². The smallest absolute Gasteiger partial charge is 0.291 e. The maximum atomic E-state index is 12.6. The van der Waals surface area contributed by atoms with E-state index in [4.69, 9.17) is 4.84 Å². The first kappa shape index (κ1) is 13.9. The highest BCUT2D eigenvalue weighted by Gasteiger charge is 2.35. The molecule has 0 amide bonds. The highest BCUT2D eigenvalue weighted by molar-refractivity contribution is 6.09. The highest BCUT2D eigenvalue weighted by Crippen LogP contribution is 2.36. The Labute approximate surface area is 123 Å². The van der Waals surface area contributed by atoms with Gasteiger partial charge in [0.05, 0.1) is 11.1 Å². The van der Waals surface area contributed by atoms with Crippen LogP contribution < -0.4 is 10.4 Å². The number of pyridine rings is 1. The van der Waals surface area contributed by atoms with Crippen LogP contribution in [0.2, 0.25) is 0 Å². The third kappa shape index (κ3) is 2.06. The molecule has 0 fully saturated rings. The molecule has 21 heavy (non-hydrogen) atoms. The molecule has 1 heterocycles. The average molecular weight is 285 g/mol. The molecule has 0 bridgehead atoms. The standard InChI is InChI=1S/C17H19NO3/c1-10-5-6-11-12(7-10)16(20)18(21-4)13-8-17(2,3)9-14(19)15(11)13/h5-7H,8-9H2,1-4H3. The van der Waals surface area contributed by atoms with Gasteiger partial charge in [0.2, 0.25) is 0 Å². The molecule has 1 aliphatic carbocycles. The lowest BCUT2D eigenvalue weighted by Gasteiger charge is -2.32. The molecule has 4 nitrogen and oxygen atoms in total. The molecule has 1 aromatic heterocycles. The minimum absolute atomic E-state index is 0.0842. The predicted octanol–water partition coefficient (Wildman–Crippen LogP) is 2.52. The van der Waals surface area contributed by atoms with Gasteiger partial charge in [0.25, 0.3) is 5.56 Å². The second-order valence-electron chi connectivity index (χ2n) is 6.59. The number of aromatic nitrogens is 1. The van der Waals surface area contributed by atoms with Gasteiger partial charge >= 0.3 is 0 Å². The van der Waals surface area contributed by atoms with E-state index in [1.165, 1.54) is 11.8 Å². The van der Waals surface area contributed by atoms with Crippen molar-refractivity contribution in [2.24, 2.45) is 5.41 Å². The number of ketones is 1. The Hall–Kier alpha value is -2.10. The molecule has 0 radical (unpaired) electrons. The van der Waals surface area contributed by atoms with Gasteiger partial charge in [-0.25, -0.2) is 0 Å². The first-order chi connectivity index (χ1) is 9.84. The van der Waals surface area contributed by atoms with Crippen molar-refractivity contribution in [1.29, 1.82) is 0 Å². The molecular weight excluding hydrogens is 266 g/mol. The van der Waals surface area contributed by atoms with Crippen LogP contribution >= 0.6 is 0 Å². The van der Waals surface area contributed by atoms with Gasteiger partial charge in [-0.05, 0) is 24.8 Å². The van der Waals surface area contributed by atoms with Gasteiger partial charge in [-0.1, -0.05) is 31.5 Å². The Kier molecular flexibility index (Phi) is 2.94. The number of nitrogens with zero attached hydrogens (tertiary/aromatic N) is 1. The summed E-state index contributed by atoms with van der Waals surface area (Å²) in [5, 5.41) is 1.29. The van der Waals surface area contributed by atoms with Gasteiger partial charge in [-0.3, -0.25) is 9.59 Å². The molecule has 1 aromatic carbocycles. The van der Waals surface area contributed by atoms with Crippen molar-refractivity contribution in [1.82, 2.24) is 4.73 Å². The number of benzene rings is 1. The monoisotopic (exact) mass is 285 g/mol. The minimum atomic E-state index is -0.194. The van der Waals surface area contributed by atoms with E-state index in [-0.39, 0.29) is 16.8 Å². The summed E-state index contributed by atoms with van der Waals surface area (Å²) in [7, 11) is 1.47. The zero-order chi connectivity index (χ0) is 15.4. The van der Waals surface area contributed by atoms with Crippen LogP contribution in [0.4, 0.5) is 0 Å². The van der Waals surface area contributed by atoms with Gasteiger partial charge in [-0.15, -0.1) is 4.73 Å². The number of hydrogen-bond acceptors (Lipinski definition) is 3. The highest BCUT2D eigenvalue weighted by atomic mass is 16.6. The number of rotatable bonds is 1. The van der Waals surface area contributed by atoms with E-state index in [1.807, 2.05) is 39.0 Å². The lowest BCUT2D eigenvalue weighted by atomic mass is 9.74. The zero-order valence-electron chi connectivity index (χ0n) is 12.8. The normalized spacial score (nSPS) is 16.9. The second kappa shape index (κ2) is 4.45. The fourth-order valence-corrected chi connectivity index (χ4v) is 3.25. The molecule has 0 unspecified atom stereocenters. The molecule has 3 rings (SSSR count). The molecule has 0 aliphatic heterocycles. The van der Waals surface area contributed by atoms with E-state index in [0.717, 1.165) is 10.9 Å². The van der Waals surface area contributed by atoms with Gasteiger partial charge in [0, 0.05) is 17.4 Å². The summed E-state index contributed by atoms with van der Waals surface area (Å²) in [5.74, 6) is 0.0842. The fourth-order valence-electron chi connectivity index (χ4n) is 3.25. The van der Waals surface area contributed by atoms with Crippen molar-refractivity contribution in [3.05, 3.63) is 45.4 Å². The summed E-state index contributed by atoms with van der Waals surface area (Å²) in [6.45, 7) is 6.01. The predicted molar refractivity (Wildman–Crippen MR) is 81.9 cm³/mol. The van der Waals surface area contributed by atoms with Crippen LogP contribution in [0.25, 0.3) is 10.8 Å². The molecule has 110 valence electrons. The van der Waals surface area contributed by atoms with Gasteiger partial charge in [-0.2, -0.15) is 0 Å². The average Bonchev–Trinajstić information content (AvgIpc) is 2.38. The molecule has 0 saturated heterocycles. The number of hydrogen-bond donors (Lipinski definition) is 0. The SMILES string of the molecule is COn1c2c(c3ccc(C)cc3c1=O)C(=O)CC(C)(C)C2. The molecule has 0 atom stereocenters. The molecule has 0 spiro atoms. The van der Waals surface area contributed by atoms with Crippen molar-refractivity contribution in [3.8, 4) is 0 Å². The van der Waals surface area contributed by atoms with Crippen molar-refractivity contribution >= 4 is 16.6 Å². The van der Waals surface area contributed by atoms with Crippen LogP contribution in [0.3, 0.4) is 0 Å². The summed E-state index contributed by atoms with van der Waals surface area (Å²) in [6, 6.07) is 5.63. The molecule has 0 N–H and O–H groups in total. The van der Waals surface area contributed by atoms with Crippen LogP contribution in [0, 0.1) is 12.3 Å². The third-order valence-corrected chi connectivity index (χ3v) is 4.14. The third-order valence-electron chi connectivity index (χ3n) is 4.14. The lowest BCUT2D eigenvalue weighted by Crippen LogP contribution is -2.37. The summed E-state index contributed by atoms with van der Waals surface area (Å²) < 4.78 is 1.29. The summed E-state index contributed by atoms with van der Waals surface area (Å²) in [4.78, 5) is 30.5. The van der Waals surface area contributed by atoms with E-state index in [2.05, 4.69) is 0 Å². The molecular formula is C17H19NO3. The second-order valence-corrected chi connectivity index (χ2v) is 6.59. The Balaban J connectivity index is 2.48. The number of aryl methyl sites for hydroxylation is 1. The van der Waals surface area contributed by atoms with E-state index in [0.29, 0.717) is 29.5 Å². The molecule has 0 saturated carbocycles. The van der Waals surface area contributed by atoms with E-state index in [1.54, 1.807) is 0 Å². The number of carbonyl (C=O) groups excluding carboxylic acids is 1. The maximum Gasteiger partial charge on any atom is 0.291 e. The van der Waals surface area contributed by atoms with Crippen LogP contribution in [0.1, 0.15) is 41.9 Å². The topological polar surface area (TPSA) is 48.3 Å². The lowest BCUT2D eigenvalue weighted by molar-refractivity contribution is 0.0877. The first-order valence-corrected chi connectivity index (χ1v) is 7.10. The number of fused-ring (bicyclic) bond motifs is 3.